The van der Waals surface area contributed by atoms with Gasteiger partial charge in [-0.3, -0.25) is 10.1 Å². The molecule has 1 atom stereocenters. The summed E-state index contributed by atoms with van der Waals surface area (Å²) in [5.74, 6) is 0. The van der Waals surface area contributed by atoms with Gasteiger partial charge in [-0.1, -0.05) is 23.2 Å². The zero-order chi connectivity index (χ0) is 10.0. The van der Waals surface area contributed by atoms with Crippen LogP contribution in [0.2, 0.25) is 10.0 Å². The normalized spacial score (nSPS) is 12.5. The molecule has 0 aromatic heterocycles. The van der Waals surface area contributed by atoms with Crippen molar-refractivity contribution in [3.63, 3.8) is 0 Å². The number of nitro groups is 1. The number of rotatable bonds is 2. The number of hydrogen-bond acceptors (Lipinski definition) is 2. The number of halogens is 2. The van der Waals surface area contributed by atoms with Crippen molar-refractivity contribution in [2.75, 3.05) is 0 Å². The fourth-order valence-corrected chi connectivity index (χ4v) is 1.52. The molecule has 1 aromatic rings. The van der Waals surface area contributed by atoms with Crippen LogP contribution < -0.4 is 0 Å². The molecule has 13 heavy (non-hydrogen) atoms. The molecule has 0 heterocycles. The molecule has 0 N–H and O–H groups in total. The minimum Gasteiger partial charge on any atom is -0.264 e. The summed E-state index contributed by atoms with van der Waals surface area (Å²) in [4.78, 5) is 10.1. The van der Waals surface area contributed by atoms with E-state index in [0.29, 0.717) is 15.6 Å². The first-order chi connectivity index (χ1) is 6.02. The van der Waals surface area contributed by atoms with Gasteiger partial charge in [0.05, 0.1) is 5.02 Å². The second kappa shape index (κ2) is 3.94. The molecule has 0 aliphatic rings. The van der Waals surface area contributed by atoms with Crippen molar-refractivity contribution >= 4 is 23.2 Å². The van der Waals surface area contributed by atoms with Gasteiger partial charge in [-0.2, -0.15) is 0 Å². The van der Waals surface area contributed by atoms with E-state index in [1.807, 2.05) is 0 Å². The summed E-state index contributed by atoms with van der Waals surface area (Å²) < 4.78 is 0. The molecule has 3 nitrogen and oxygen atoms in total. The Morgan fingerprint density at radius 1 is 1.46 bits per heavy atom. The highest BCUT2D eigenvalue weighted by Gasteiger charge is 2.18. The maximum Gasteiger partial charge on any atom is 0.236 e. The van der Waals surface area contributed by atoms with E-state index >= 15 is 0 Å². The Balaban J connectivity index is 3.08. The molecular formula is C8H7Cl2NO2. The fraction of sp³-hybridized carbons (Fsp3) is 0.250. The fourth-order valence-electron chi connectivity index (χ4n) is 0.954. The standard InChI is InChI=1S/C8H7Cl2NO2/c1-5(11(12)13)7-3-2-6(9)4-8(7)10/h2-5H,1H3. The largest absolute Gasteiger partial charge is 0.264 e. The number of nitrogens with zero attached hydrogens (tertiary/aromatic N) is 1. The summed E-state index contributed by atoms with van der Waals surface area (Å²) in [6, 6.07) is 3.85. The van der Waals surface area contributed by atoms with Crippen molar-refractivity contribution in [2.24, 2.45) is 0 Å². The monoisotopic (exact) mass is 219 g/mol. The highest BCUT2D eigenvalue weighted by molar-refractivity contribution is 6.35. The molecule has 0 fully saturated rings. The van der Waals surface area contributed by atoms with Crippen LogP contribution in [-0.2, 0) is 0 Å². The lowest BCUT2D eigenvalue weighted by Gasteiger charge is -2.05. The average Bonchev–Trinajstić information content (AvgIpc) is 2.03. The van der Waals surface area contributed by atoms with Gasteiger partial charge >= 0.3 is 0 Å². The van der Waals surface area contributed by atoms with E-state index < -0.39 is 11.0 Å². The summed E-state index contributed by atoms with van der Waals surface area (Å²) in [7, 11) is 0. The molecule has 5 heteroatoms. The Morgan fingerprint density at radius 3 is 2.54 bits per heavy atom. The first kappa shape index (κ1) is 10.3. The van der Waals surface area contributed by atoms with Gasteiger partial charge < -0.3 is 0 Å². The molecule has 1 rings (SSSR count). The second-order valence-corrected chi connectivity index (χ2v) is 3.47. The topological polar surface area (TPSA) is 43.1 Å². The predicted octanol–water partition coefficient (Wildman–Crippen LogP) is 3.33. The lowest BCUT2D eigenvalue weighted by Crippen LogP contribution is -2.06. The Kier molecular flexibility index (Phi) is 3.12. The Hall–Kier alpha value is -0.800. The molecule has 0 saturated carbocycles. The van der Waals surface area contributed by atoms with Gasteiger partial charge in [-0.15, -0.1) is 0 Å². The quantitative estimate of drug-likeness (QED) is 0.566. The first-order valence-corrected chi connectivity index (χ1v) is 4.36. The van der Waals surface area contributed by atoms with E-state index in [1.165, 1.54) is 13.0 Å². The van der Waals surface area contributed by atoms with Crippen molar-refractivity contribution in [1.29, 1.82) is 0 Å². The van der Waals surface area contributed by atoms with Crippen LogP contribution in [0.4, 0.5) is 0 Å². The van der Waals surface area contributed by atoms with Crippen LogP contribution in [0.3, 0.4) is 0 Å². The summed E-state index contributed by atoms with van der Waals surface area (Å²) in [5.41, 5.74) is 0.482. The Labute approximate surface area is 85.4 Å². The van der Waals surface area contributed by atoms with E-state index in [0.717, 1.165) is 0 Å². The SMILES string of the molecule is CC(c1ccc(Cl)cc1Cl)[N+](=O)[O-]. The summed E-state index contributed by atoms with van der Waals surface area (Å²) in [6.07, 6.45) is 0. The highest BCUT2D eigenvalue weighted by Crippen LogP contribution is 2.27. The van der Waals surface area contributed by atoms with Crippen molar-refractivity contribution in [3.8, 4) is 0 Å². The van der Waals surface area contributed by atoms with E-state index in [1.54, 1.807) is 12.1 Å². The molecule has 0 radical (unpaired) electrons. The van der Waals surface area contributed by atoms with Crippen LogP contribution in [0.1, 0.15) is 18.5 Å². The van der Waals surface area contributed by atoms with Crippen LogP contribution in [-0.4, -0.2) is 4.92 Å². The molecular weight excluding hydrogens is 213 g/mol. The van der Waals surface area contributed by atoms with Gasteiger partial charge in [0.15, 0.2) is 0 Å². The number of hydrogen-bond donors (Lipinski definition) is 0. The van der Waals surface area contributed by atoms with Crippen LogP contribution in [0, 0.1) is 10.1 Å². The first-order valence-electron chi connectivity index (χ1n) is 3.61. The van der Waals surface area contributed by atoms with Crippen LogP contribution in [0.25, 0.3) is 0 Å². The molecule has 1 aromatic carbocycles. The molecule has 0 spiro atoms. The van der Waals surface area contributed by atoms with Crippen LogP contribution >= 0.6 is 23.2 Å². The smallest absolute Gasteiger partial charge is 0.236 e. The van der Waals surface area contributed by atoms with Crippen molar-refractivity contribution in [1.82, 2.24) is 0 Å². The second-order valence-electron chi connectivity index (χ2n) is 2.63. The zero-order valence-electron chi connectivity index (χ0n) is 6.83. The van der Waals surface area contributed by atoms with Gasteiger partial charge in [-0.05, 0) is 18.2 Å². The molecule has 0 saturated heterocycles. The Bertz CT molecular complexity index is 341. The third kappa shape index (κ3) is 2.32. The minimum absolute atomic E-state index is 0.330. The van der Waals surface area contributed by atoms with Gasteiger partial charge in [-0.25, -0.2) is 0 Å². The zero-order valence-corrected chi connectivity index (χ0v) is 8.34. The third-order valence-electron chi connectivity index (χ3n) is 1.73. The highest BCUT2D eigenvalue weighted by atomic mass is 35.5. The molecule has 1 unspecified atom stereocenters. The molecule has 0 bridgehead atoms. The van der Waals surface area contributed by atoms with E-state index in [9.17, 15) is 10.1 Å². The summed E-state index contributed by atoms with van der Waals surface area (Å²) >= 11 is 11.4. The maximum absolute atomic E-state index is 10.5. The van der Waals surface area contributed by atoms with Crippen molar-refractivity contribution in [3.05, 3.63) is 43.9 Å². The van der Waals surface area contributed by atoms with Crippen molar-refractivity contribution in [2.45, 2.75) is 13.0 Å². The predicted molar refractivity (Wildman–Crippen MR) is 51.9 cm³/mol. The third-order valence-corrected chi connectivity index (χ3v) is 2.29. The van der Waals surface area contributed by atoms with E-state index in [4.69, 9.17) is 23.2 Å². The molecule has 0 aliphatic heterocycles. The van der Waals surface area contributed by atoms with Gasteiger partial charge in [0.25, 0.3) is 0 Å². The summed E-state index contributed by atoms with van der Waals surface area (Å²) in [6.45, 7) is 1.48. The van der Waals surface area contributed by atoms with Gasteiger partial charge in [0, 0.05) is 22.4 Å². The van der Waals surface area contributed by atoms with E-state index in [2.05, 4.69) is 0 Å². The molecule has 70 valence electrons. The lowest BCUT2D eigenvalue weighted by molar-refractivity contribution is -0.524. The maximum atomic E-state index is 10.5. The van der Waals surface area contributed by atoms with E-state index in [-0.39, 0.29) is 0 Å². The number of benzene rings is 1. The Morgan fingerprint density at radius 2 is 2.08 bits per heavy atom. The molecule has 0 amide bonds. The van der Waals surface area contributed by atoms with Gasteiger partial charge in [0.1, 0.15) is 0 Å². The van der Waals surface area contributed by atoms with Gasteiger partial charge in [0.2, 0.25) is 6.04 Å². The van der Waals surface area contributed by atoms with Crippen LogP contribution in [0.5, 0.6) is 0 Å². The summed E-state index contributed by atoms with van der Waals surface area (Å²) in [5, 5.41) is 11.3. The molecule has 0 aliphatic carbocycles. The van der Waals surface area contributed by atoms with Crippen molar-refractivity contribution < 1.29 is 4.92 Å². The average molecular weight is 220 g/mol. The van der Waals surface area contributed by atoms with Crippen LogP contribution in [0.15, 0.2) is 18.2 Å². The lowest BCUT2D eigenvalue weighted by atomic mass is 10.1. The minimum atomic E-state index is -0.801.